The zero-order valence-corrected chi connectivity index (χ0v) is 12.3. The Morgan fingerprint density at radius 1 is 1.21 bits per heavy atom. The van der Waals surface area contributed by atoms with Gasteiger partial charge in [0.15, 0.2) is 0 Å². The topological polar surface area (TPSA) is 15.3 Å². The molecule has 0 amide bonds. The summed E-state index contributed by atoms with van der Waals surface area (Å²) < 4.78 is 0. The number of fused-ring (bicyclic) bond motifs is 1. The van der Waals surface area contributed by atoms with Crippen LogP contribution in [0.25, 0.3) is 0 Å². The van der Waals surface area contributed by atoms with Gasteiger partial charge in [-0.2, -0.15) is 0 Å². The van der Waals surface area contributed by atoms with Crippen LogP contribution in [0.1, 0.15) is 51.5 Å². The average Bonchev–Trinajstić information content (AvgIpc) is 2.93. The summed E-state index contributed by atoms with van der Waals surface area (Å²) in [7, 11) is 0. The Morgan fingerprint density at radius 3 is 2.74 bits per heavy atom. The summed E-state index contributed by atoms with van der Waals surface area (Å²) in [4.78, 5) is 2.62. The Morgan fingerprint density at radius 2 is 2.00 bits per heavy atom. The molecule has 1 aliphatic carbocycles. The lowest BCUT2D eigenvalue weighted by Gasteiger charge is -2.32. The maximum Gasteiger partial charge on any atom is 0.0376 e. The van der Waals surface area contributed by atoms with Gasteiger partial charge in [0.1, 0.15) is 0 Å². The zero-order valence-electron chi connectivity index (χ0n) is 12.3. The van der Waals surface area contributed by atoms with Gasteiger partial charge in [-0.3, -0.25) is 0 Å². The predicted molar refractivity (Wildman–Crippen MR) is 83.1 cm³/mol. The standard InChI is InChI=1S/C17H26N2/c1-3-19(15-6-4-5-7-15)16-10-11-17-14(12-16)9-8-13(2)18-17/h10-13,15,18H,3-9H2,1-2H3. The van der Waals surface area contributed by atoms with Gasteiger partial charge in [-0.15, -0.1) is 0 Å². The molecule has 1 heterocycles. The monoisotopic (exact) mass is 258 g/mol. The van der Waals surface area contributed by atoms with Crippen LogP contribution >= 0.6 is 0 Å². The van der Waals surface area contributed by atoms with Gasteiger partial charge in [0.2, 0.25) is 0 Å². The first-order valence-corrected chi connectivity index (χ1v) is 7.94. The lowest BCUT2D eigenvalue weighted by atomic mass is 9.98. The van der Waals surface area contributed by atoms with E-state index in [0.717, 1.165) is 12.6 Å². The first-order chi connectivity index (χ1) is 9.28. The largest absolute Gasteiger partial charge is 0.382 e. The van der Waals surface area contributed by atoms with Crippen LogP contribution in [-0.4, -0.2) is 18.6 Å². The molecule has 0 bridgehead atoms. The molecule has 1 N–H and O–H groups in total. The van der Waals surface area contributed by atoms with E-state index in [9.17, 15) is 0 Å². The second-order valence-corrected chi connectivity index (χ2v) is 6.15. The minimum atomic E-state index is 0.621. The molecule has 1 atom stereocenters. The van der Waals surface area contributed by atoms with Crippen molar-refractivity contribution in [2.24, 2.45) is 0 Å². The third-order valence-electron chi connectivity index (χ3n) is 4.78. The highest BCUT2D eigenvalue weighted by Crippen LogP contribution is 2.32. The Balaban J connectivity index is 1.84. The number of hydrogen-bond acceptors (Lipinski definition) is 2. The number of hydrogen-bond donors (Lipinski definition) is 1. The molecule has 2 nitrogen and oxygen atoms in total. The number of aryl methyl sites for hydroxylation is 1. The molecule has 2 heteroatoms. The van der Waals surface area contributed by atoms with Crippen molar-refractivity contribution in [3.63, 3.8) is 0 Å². The number of rotatable bonds is 3. The van der Waals surface area contributed by atoms with Crippen molar-refractivity contribution in [1.82, 2.24) is 0 Å². The smallest absolute Gasteiger partial charge is 0.0376 e. The Kier molecular flexibility index (Phi) is 3.67. The highest BCUT2D eigenvalue weighted by Gasteiger charge is 2.23. The third-order valence-corrected chi connectivity index (χ3v) is 4.78. The summed E-state index contributed by atoms with van der Waals surface area (Å²) in [6.07, 6.45) is 8.04. The van der Waals surface area contributed by atoms with E-state index in [4.69, 9.17) is 0 Å². The average molecular weight is 258 g/mol. The van der Waals surface area contributed by atoms with E-state index in [2.05, 4.69) is 42.3 Å². The molecular formula is C17H26N2. The van der Waals surface area contributed by atoms with E-state index in [-0.39, 0.29) is 0 Å². The van der Waals surface area contributed by atoms with Crippen LogP contribution in [0.3, 0.4) is 0 Å². The SMILES string of the molecule is CCN(c1ccc2c(c1)CCC(C)N2)C1CCCC1. The normalized spacial score (nSPS) is 22.9. The van der Waals surface area contributed by atoms with Crippen LogP contribution in [-0.2, 0) is 6.42 Å². The molecule has 0 aromatic heterocycles. The van der Waals surface area contributed by atoms with Crippen molar-refractivity contribution >= 4 is 11.4 Å². The second kappa shape index (κ2) is 5.44. The molecule has 1 unspecified atom stereocenters. The fourth-order valence-corrected chi connectivity index (χ4v) is 3.68. The molecule has 0 radical (unpaired) electrons. The molecule has 0 saturated heterocycles. The van der Waals surface area contributed by atoms with Gasteiger partial charge in [-0.1, -0.05) is 12.8 Å². The fraction of sp³-hybridized carbons (Fsp3) is 0.647. The lowest BCUT2D eigenvalue weighted by molar-refractivity contribution is 0.618. The van der Waals surface area contributed by atoms with Crippen LogP contribution in [0.5, 0.6) is 0 Å². The Labute approximate surface area is 117 Å². The van der Waals surface area contributed by atoms with E-state index in [1.807, 2.05) is 0 Å². The molecule has 1 aromatic rings. The van der Waals surface area contributed by atoms with Crippen molar-refractivity contribution in [3.8, 4) is 0 Å². The van der Waals surface area contributed by atoms with Gasteiger partial charge in [0, 0.05) is 30.0 Å². The van der Waals surface area contributed by atoms with Crippen molar-refractivity contribution in [1.29, 1.82) is 0 Å². The Bertz CT molecular complexity index is 435. The van der Waals surface area contributed by atoms with Crippen LogP contribution in [0, 0.1) is 0 Å². The summed E-state index contributed by atoms with van der Waals surface area (Å²) in [5.41, 5.74) is 4.29. The fourth-order valence-electron chi connectivity index (χ4n) is 3.68. The predicted octanol–water partition coefficient (Wildman–Crippen LogP) is 4.20. The van der Waals surface area contributed by atoms with Crippen molar-refractivity contribution in [2.75, 3.05) is 16.8 Å². The summed E-state index contributed by atoms with van der Waals surface area (Å²) in [6.45, 7) is 5.69. The summed E-state index contributed by atoms with van der Waals surface area (Å²) in [5, 5.41) is 3.60. The molecule has 3 rings (SSSR count). The van der Waals surface area contributed by atoms with Crippen LogP contribution < -0.4 is 10.2 Å². The maximum absolute atomic E-state index is 3.60. The zero-order chi connectivity index (χ0) is 13.2. The molecular weight excluding hydrogens is 232 g/mol. The van der Waals surface area contributed by atoms with Crippen LogP contribution in [0.15, 0.2) is 18.2 Å². The van der Waals surface area contributed by atoms with Gasteiger partial charge in [0.05, 0.1) is 0 Å². The van der Waals surface area contributed by atoms with Crippen molar-refractivity contribution in [2.45, 2.75) is 64.5 Å². The van der Waals surface area contributed by atoms with E-state index in [1.54, 1.807) is 0 Å². The van der Waals surface area contributed by atoms with Crippen LogP contribution in [0.2, 0.25) is 0 Å². The van der Waals surface area contributed by atoms with E-state index in [0.29, 0.717) is 6.04 Å². The number of anilines is 2. The van der Waals surface area contributed by atoms with Gasteiger partial charge in [-0.25, -0.2) is 0 Å². The van der Waals surface area contributed by atoms with E-state index in [1.165, 1.54) is 55.5 Å². The van der Waals surface area contributed by atoms with E-state index < -0.39 is 0 Å². The molecule has 1 aliphatic heterocycles. The molecule has 1 fully saturated rings. The van der Waals surface area contributed by atoms with Gasteiger partial charge < -0.3 is 10.2 Å². The Hall–Kier alpha value is -1.18. The van der Waals surface area contributed by atoms with Crippen molar-refractivity contribution in [3.05, 3.63) is 23.8 Å². The third kappa shape index (κ3) is 2.58. The highest BCUT2D eigenvalue weighted by atomic mass is 15.2. The molecule has 0 spiro atoms. The molecule has 1 saturated carbocycles. The molecule has 19 heavy (non-hydrogen) atoms. The van der Waals surface area contributed by atoms with Gasteiger partial charge in [-0.05, 0) is 63.3 Å². The van der Waals surface area contributed by atoms with Crippen LogP contribution in [0.4, 0.5) is 11.4 Å². The lowest BCUT2D eigenvalue weighted by Crippen LogP contribution is -2.33. The minimum absolute atomic E-state index is 0.621. The summed E-state index contributed by atoms with van der Waals surface area (Å²) in [5.74, 6) is 0. The maximum atomic E-state index is 3.60. The molecule has 104 valence electrons. The summed E-state index contributed by atoms with van der Waals surface area (Å²) in [6, 6.07) is 8.42. The highest BCUT2D eigenvalue weighted by molar-refractivity contribution is 5.62. The number of nitrogens with zero attached hydrogens (tertiary/aromatic N) is 1. The first kappa shape index (κ1) is 12.8. The van der Waals surface area contributed by atoms with E-state index >= 15 is 0 Å². The quantitative estimate of drug-likeness (QED) is 0.874. The van der Waals surface area contributed by atoms with Crippen molar-refractivity contribution < 1.29 is 0 Å². The molecule has 2 aliphatic rings. The number of nitrogens with one attached hydrogen (secondary N) is 1. The summed E-state index contributed by atoms with van der Waals surface area (Å²) >= 11 is 0. The number of benzene rings is 1. The second-order valence-electron chi connectivity index (χ2n) is 6.15. The molecule has 1 aromatic carbocycles. The van der Waals surface area contributed by atoms with Gasteiger partial charge >= 0.3 is 0 Å². The van der Waals surface area contributed by atoms with Gasteiger partial charge in [0.25, 0.3) is 0 Å². The first-order valence-electron chi connectivity index (χ1n) is 7.94. The minimum Gasteiger partial charge on any atom is -0.382 e.